The van der Waals surface area contributed by atoms with Gasteiger partial charge < -0.3 is 14.6 Å². The summed E-state index contributed by atoms with van der Waals surface area (Å²) in [6, 6.07) is 12.9. The molecule has 0 saturated carbocycles. The van der Waals surface area contributed by atoms with Crippen molar-refractivity contribution in [3.05, 3.63) is 71.4 Å². The predicted octanol–water partition coefficient (Wildman–Crippen LogP) is 3.39. The minimum Gasteiger partial charge on any atom is -0.497 e. The smallest absolute Gasteiger partial charge is 0.442 e. The number of rotatable bonds is 5. The molecule has 0 radical (unpaired) electrons. The van der Waals surface area contributed by atoms with Crippen LogP contribution >= 0.6 is 0 Å². The van der Waals surface area contributed by atoms with Crippen LogP contribution < -0.4 is 14.9 Å². The first-order chi connectivity index (χ1) is 13.6. The number of hydrogen-bond acceptors (Lipinski definition) is 5. The summed E-state index contributed by atoms with van der Waals surface area (Å²) in [6.45, 7) is 1.53. The lowest BCUT2D eigenvalue weighted by atomic mass is 10.1. The van der Waals surface area contributed by atoms with Gasteiger partial charge in [-0.2, -0.15) is 13.2 Å². The Labute approximate surface area is 165 Å². The second-order valence-electron chi connectivity index (χ2n) is 6.46. The maximum absolute atomic E-state index is 13.3. The van der Waals surface area contributed by atoms with E-state index in [-0.39, 0.29) is 22.9 Å². The SMILES string of the molecule is COc1ccc(OCc2ccc(C(=O)N3NC(C)=CC3(O)C(F)(F)F)cc2)cc1. The number of hydrogen-bond donors (Lipinski definition) is 2. The van der Waals surface area contributed by atoms with Crippen LogP contribution in [0.5, 0.6) is 11.5 Å². The molecule has 2 aromatic carbocycles. The van der Waals surface area contributed by atoms with Crippen LogP contribution in [-0.4, -0.2) is 35.0 Å². The van der Waals surface area contributed by atoms with E-state index in [1.54, 1.807) is 43.5 Å². The van der Waals surface area contributed by atoms with Crippen molar-refractivity contribution in [2.24, 2.45) is 0 Å². The van der Waals surface area contributed by atoms with E-state index < -0.39 is 17.8 Å². The molecule has 1 unspecified atom stereocenters. The Kier molecular flexibility index (Phi) is 5.43. The molecule has 3 rings (SSSR count). The van der Waals surface area contributed by atoms with Gasteiger partial charge in [0, 0.05) is 11.3 Å². The number of nitrogens with one attached hydrogen (secondary N) is 1. The molecule has 0 spiro atoms. The first-order valence-electron chi connectivity index (χ1n) is 8.59. The van der Waals surface area contributed by atoms with E-state index in [0.29, 0.717) is 23.1 Å². The maximum Gasteiger partial charge on any atom is 0.442 e. The van der Waals surface area contributed by atoms with E-state index in [4.69, 9.17) is 9.47 Å². The van der Waals surface area contributed by atoms with E-state index in [0.717, 1.165) is 0 Å². The fourth-order valence-electron chi connectivity index (χ4n) is 2.79. The molecule has 0 saturated heterocycles. The Balaban J connectivity index is 1.68. The minimum atomic E-state index is -5.06. The number of hydrazine groups is 1. The fraction of sp³-hybridized carbons (Fsp3) is 0.250. The highest BCUT2D eigenvalue weighted by atomic mass is 19.4. The highest BCUT2D eigenvalue weighted by Gasteiger charge is 2.61. The number of aliphatic hydroxyl groups is 1. The molecule has 9 heteroatoms. The molecular weight excluding hydrogens is 389 g/mol. The monoisotopic (exact) mass is 408 g/mol. The lowest BCUT2D eigenvalue weighted by Crippen LogP contribution is -2.60. The van der Waals surface area contributed by atoms with Crippen LogP contribution in [0, 0.1) is 0 Å². The van der Waals surface area contributed by atoms with Crippen molar-refractivity contribution in [1.29, 1.82) is 0 Å². The van der Waals surface area contributed by atoms with Crippen LogP contribution in [0.25, 0.3) is 0 Å². The van der Waals surface area contributed by atoms with Crippen molar-refractivity contribution < 1.29 is 32.5 Å². The van der Waals surface area contributed by atoms with Gasteiger partial charge in [-0.1, -0.05) is 12.1 Å². The molecule has 2 N–H and O–H groups in total. The van der Waals surface area contributed by atoms with Crippen LogP contribution in [0.2, 0.25) is 0 Å². The van der Waals surface area contributed by atoms with Crippen LogP contribution in [-0.2, 0) is 6.61 Å². The zero-order valence-corrected chi connectivity index (χ0v) is 15.7. The van der Waals surface area contributed by atoms with Gasteiger partial charge in [0.1, 0.15) is 18.1 Å². The third kappa shape index (κ3) is 4.14. The number of allylic oxidation sites excluding steroid dienone is 1. The van der Waals surface area contributed by atoms with Gasteiger partial charge in [-0.15, -0.1) is 0 Å². The van der Waals surface area contributed by atoms with Crippen molar-refractivity contribution in [2.75, 3.05) is 7.11 Å². The van der Waals surface area contributed by atoms with Crippen LogP contribution in [0.1, 0.15) is 22.8 Å². The summed E-state index contributed by atoms with van der Waals surface area (Å²) in [7, 11) is 1.56. The third-order valence-electron chi connectivity index (χ3n) is 4.33. The molecule has 0 aromatic heterocycles. The molecule has 29 heavy (non-hydrogen) atoms. The molecule has 1 atom stereocenters. The Morgan fingerprint density at radius 3 is 2.24 bits per heavy atom. The number of methoxy groups -OCH3 is 1. The van der Waals surface area contributed by atoms with Gasteiger partial charge in [-0.05, 0) is 55.0 Å². The quantitative estimate of drug-likeness (QED) is 0.794. The van der Waals surface area contributed by atoms with Crippen LogP contribution in [0.4, 0.5) is 13.2 Å². The predicted molar refractivity (Wildman–Crippen MR) is 97.8 cm³/mol. The number of alkyl halides is 3. The number of benzene rings is 2. The number of carbonyl (C=O) groups is 1. The molecule has 1 heterocycles. The highest BCUT2D eigenvalue weighted by Crippen LogP contribution is 2.38. The van der Waals surface area contributed by atoms with Crippen molar-refractivity contribution >= 4 is 5.91 Å². The average Bonchev–Trinajstić information content (AvgIpc) is 3.02. The van der Waals surface area contributed by atoms with E-state index in [2.05, 4.69) is 5.43 Å². The van der Waals surface area contributed by atoms with Gasteiger partial charge in [0.15, 0.2) is 0 Å². The molecule has 1 aliphatic rings. The Morgan fingerprint density at radius 1 is 1.10 bits per heavy atom. The second kappa shape index (κ2) is 7.67. The van der Waals surface area contributed by atoms with Gasteiger partial charge in [-0.25, -0.2) is 5.01 Å². The number of halogens is 3. The Bertz CT molecular complexity index is 911. The van der Waals surface area contributed by atoms with Crippen molar-refractivity contribution in [2.45, 2.75) is 25.4 Å². The first kappa shape index (κ1) is 20.5. The number of ether oxygens (including phenoxy) is 2. The molecule has 1 amide bonds. The summed E-state index contributed by atoms with van der Waals surface area (Å²) in [5.41, 5.74) is -0.438. The van der Waals surface area contributed by atoms with E-state index in [9.17, 15) is 23.1 Å². The molecule has 0 bridgehead atoms. The zero-order valence-electron chi connectivity index (χ0n) is 15.7. The lowest BCUT2D eigenvalue weighted by molar-refractivity contribution is -0.283. The van der Waals surface area contributed by atoms with E-state index in [1.807, 2.05) is 0 Å². The maximum atomic E-state index is 13.3. The summed E-state index contributed by atoms with van der Waals surface area (Å²) in [6.07, 6.45) is -4.50. The van der Waals surface area contributed by atoms with Crippen molar-refractivity contribution in [3.63, 3.8) is 0 Å². The molecule has 0 aliphatic carbocycles. The summed E-state index contributed by atoms with van der Waals surface area (Å²) >= 11 is 0. The lowest BCUT2D eigenvalue weighted by Gasteiger charge is -2.33. The Morgan fingerprint density at radius 2 is 1.69 bits per heavy atom. The Hall–Kier alpha value is -3.20. The van der Waals surface area contributed by atoms with Crippen LogP contribution in [0.15, 0.2) is 60.3 Å². The summed E-state index contributed by atoms with van der Waals surface area (Å²) < 4.78 is 50.5. The molecule has 1 aliphatic heterocycles. The van der Waals surface area contributed by atoms with E-state index >= 15 is 0 Å². The summed E-state index contributed by atoms with van der Waals surface area (Å²) in [5.74, 6) is 0.295. The second-order valence-corrected chi connectivity index (χ2v) is 6.46. The summed E-state index contributed by atoms with van der Waals surface area (Å²) in [4.78, 5) is 12.5. The van der Waals surface area contributed by atoms with Gasteiger partial charge in [0.25, 0.3) is 11.6 Å². The molecule has 6 nitrogen and oxygen atoms in total. The third-order valence-corrected chi connectivity index (χ3v) is 4.33. The highest BCUT2D eigenvalue weighted by molar-refractivity contribution is 5.95. The van der Waals surface area contributed by atoms with Crippen molar-refractivity contribution in [1.82, 2.24) is 10.4 Å². The minimum absolute atomic E-state index is 0.0164. The number of nitrogens with zero attached hydrogens (tertiary/aromatic N) is 1. The molecule has 154 valence electrons. The normalized spacial score (nSPS) is 18.8. The molecular formula is C20H19F3N2O4. The van der Waals surface area contributed by atoms with Crippen molar-refractivity contribution in [3.8, 4) is 11.5 Å². The van der Waals surface area contributed by atoms with Gasteiger partial charge in [0.05, 0.1) is 7.11 Å². The zero-order chi connectivity index (χ0) is 21.2. The number of amides is 1. The largest absolute Gasteiger partial charge is 0.497 e. The standard InChI is InChI=1S/C20H19F3N2O4/c1-13-11-19(27,20(21,22)23)25(24-13)18(26)15-5-3-14(4-6-15)12-29-17-9-7-16(28-2)8-10-17/h3-11,24,27H,12H2,1-2H3. The van der Waals surface area contributed by atoms with Gasteiger partial charge in [0.2, 0.25) is 0 Å². The summed E-state index contributed by atoms with van der Waals surface area (Å²) in [5, 5.41) is 10.2. The number of carbonyl (C=O) groups excluding carboxylic acids is 1. The first-order valence-corrected chi connectivity index (χ1v) is 8.59. The molecule has 0 fully saturated rings. The topological polar surface area (TPSA) is 71.0 Å². The van der Waals surface area contributed by atoms with Crippen LogP contribution in [0.3, 0.4) is 0 Å². The van der Waals surface area contributed by atoms with Gasteiger partial charge in [-0.3, -0.25) is 10.2 Å². The molecule has 2 aromatic rings. The van der Waals surface area contributed by atoms with Gasteiger partial charge >= 0.3 is 6.18 Å². The average molecular weight is 408 g/mol. The fourth-order valence-corrected chi connectivity index (χ4v) is 2.79. The van der Waals surface area contributed by atoms with E-state index in [1.165, 1.54) is 19.1 Å².